The number of benzene rings is 2. The van der Waals surface area contributed by atoms with Gasteiger partial charge in [-0.15, -0.1) is 0 Å². The first-order valence-electron chi connectivity index (χ1n) is 8.54. The smallest absolute Gasteiger partial charge is 0.122 e. The van der Waals surface area contributed by atoms with E-state index in [1.165, 1.54) is 27.6 Å². The standard InChI is InChI=1S/C21H25NO/c1-3-12-23-16-22-15-19(4-2)20-11-10-18(14-21(20)22)13-17-8-6-5-7-9-17/h5-11,14-15H,3-4,12-13,16H2,1-2H3. The summed E-state index contributed by atoms with van der Waals surface area (Å²) in [6.45, 7) is 5.80. The average molecular weight is 307 g/mol. The van der Waals surface area contributed by atoms with Gasteiger partial charge < -0.3 is 9.30 Å². The first kappa shape index (κ1) is 15.8. The summed E-state index contributed by atoms with van der Waals surface area (Å²) in [5, 5.41) is 1.35. The maximum absolute atomic E-state index is 5.76. The van der Waals surface area contributed by atoms with Crippen LogP contribution in [0.2, 0.25) is 0 Å². The third kappa shape index (κ3) is 3.65. The van der Waals surface area contributed by atoms with E-state index in [1.54, 1.807) is 0 Å². The second-order valence-electron chi connectivity index (χ2n) is 6.03. The first-order chi connectivity index (χ1) is 11.3. The van der Waals surface area contributed by atoms with Crippen molar-refractivity contribution < 1.29 is 4.74 Å². The summed E-state index contributed by atoms with van der Waals surface area (Å²) in [7, 11) is 0. The molecule has 0 atom stereocenters. The number of aryl methyl sites for hydroxylation is 1. The fourth-order valence-corrected chi connectivity index (χ4v) is 3.05. The Hall–Kier alpha value is -2.06. The molecule has 0 aliphatic carbocycles. The zero-order valence-corrected chi connectivity index (χ0v) is 14.1. The predicted molar refractivity (Wildman–Crippen MR) is 96.8 cm³/mol. The monoisotopic (exact) mass is 307 g/mol. The van der Waals surface area contributed by atoms with Gasteiger partial charge in [0.2, 0.25) is 0 Å². The van der Waals surface area contributed by atoms with E-state index >= 15 is 0 Å². The fraction of sp³-hybridized carbons (Fsp3) is 0.333. The van der Waals surface area contributed by atoms with Crippen LogP contribution in [0, 0.1) is 0 Å². The molecular weight excluding hydrogens is 282 g/mol. The average Bonchev–Trinajstić information content (AvgIpc) is 2.93. The van der Waals surface area contributed by atoms with Gasteiger partial charge >= 0.3 is 0 Å². The molecule has 1 aromatic heterocycles. The topological polar surface area (TPSA) is 14.2 Å². The van der Waals surface area contributed by atoms with Crippen LogP contribution in [0.25, 0.3) is 10.9 Å². The Balaban J connectivity index is 1.91. The number of nitrogens with zero attached hydrogens (tertiary/aromatic N) is 1. The lowest BCUT2D eigenvalue weighted by Gasteiger charge is -2.08. The number of aromatic nitrogens is 1. The SMILES string of the molecule is CCCOCn1cc(CC)c2ccc(Cc3ccccc3)cc21. The highest BCUT2D eigenvalue weighted by molar-refractivity contribution is 5.84. The van der Waals surface area contributed by atoms with Crippen molar-refractivity contribution in [2.75, 3.05) is 6.61 Å². The Morgan fingerprint density at radius 1 is 0.957 bits per heavy atom. The van der Waals surface area contributed by atoms with E-state index in [0.717, 1.165) is 25.9 Å². The number of rotatable bonds is 7. The molecule has 23 heavy (non-hydrogen) atoms. The van der Waals surface area contributed by atoms with E-state index in [1.807, 2.05) is 0 Å². The minimum Gasteiger partial charge on any atom is -0.361 e. The first-order valence-corrected chi connectivity index (χ1v) is 8.54. The Kier molecular flexibility index (Phi) is 5.14. The zero-order chi connectivity index (χ0) is 16.1. The van der Waals surface area contributed by atoms with Gasteiger partial charge in [0.1, 0.15) is 6.73 Å². The number of fused-ring (bicyclic) bond motifs is 1. The van der Waals surface area contributed by atoms with Crippen LogP contribution >= 0.6 is 0 Å². The highest BCUT2D eigenvalue weighted by Crippen LogP contribution is 2.24. The molecule has 0 fully saturated rings. The minimum atomic E-state index is 0.638. The van der Waals surface area contributed by atoms with Crippen LogP contribution in [-0.2, 0) is 24.3 Å². The van der Waals surface area contributed by atoms with Gasteiger partial charge in [-0.3, -0.25) is 0 Å². The molecule has 2 nitrogen and oxygen atoms in total. The molecule has 0 unspecified atom stereocenters. The van der Waals surface area contributed by atoms with Crippen molar-refractivity contribution in [1.82, 2.24) is 4.57 Å². The summed E-state index contributed by atoms with van der Waals surface area (Å²) in [4.78, 5) is 0. The van der Waals surface area contributed by atoms with Gasteiger partial charge in [0.05, 0.1) is 5.52 Å². The highest BCUT2D eigenvalue weighted by atomic mass is 16.5. The fourth-order valence-electron chi connectivity index (χ4n) is 3.05. The van der Waals surface area contributed by atoms with E-state index < -0.39 is 0 Å². The Morgan fingerprint density at radius 2 is 1.78 bits per heavy atom. The maximum Gasteiger partial charge on any atom is 0.122 e. The summed E-state index contributed by atoms with van der Waals surface area (Å²) in [6, 6.07) is 17.5. The summed E-state index contributed by atoms with van der Waals surface area (Å²) in [5.41, 5.74) is 5.38. The van der Waals surface area contributed by atoms with Crippen LogP contribution in [0.15, 0.2) is 54.7 Å². The lowest BCUT2D eigenvalue weighted by atomic mass is 10.0. The quantitative estimate of drug-likeness (QED) is 0.549. The van der Waals surface area contributed by atoms with Crippen LogP contribution < -0.4 is 0 Å². The molecule has 0 saturated heterocycles. The number of ether oxygens (including phenoxy) is 1. The molecule has 2 aromatic carbocycles. The molecule has 0 aliphatic heterocycles. The summed E-state index contributed by atoms with van der Waals surface area (Å²) in [5.74, 6) is 0. The second-order valence-corrected chi connectivity index (χ2v) is 6.03. The molecule has 1 heterocycles. The van der Waals surface area contributed by atoms with E-state index in [2.05, 4.69) is 73.1 Å². The van der Waals surface area contributed by atoms with Crippen LogP contribution in [-0.4, -0.2) is 11.2 Å². The lowest BCUT2D eigenvalue weighted by Crippen LogP contribution is -2.02. The van der Waals surface area contributed by atoms with Crippen molar-refractivity contribution >= 4 is 10.9 Å². The van der Waals surface area contributed by atoms with E-state index in [9.17, 15) is 0 Å². The summed E-state index contributed by atoms with van der Waals surface area (Å²) in [6.07, 6.45) is 5.32. The largest absolute Gasteiger partial charge is 0.361 e. The van der Waals surface area contributed by atoms with Gasteiger partial charge in [0.15, 0.2) is 0 Å². The molecule has 3 rings (SSSR count). The molecule has 0 radical (unpaired) electrons. The van der Waals surface area contributed by atoms with Gasteiger partial charge in [0.25, 0.3) is 0 Å². The molecule has 0 N–H and O–H groups in total. The van der Waals surface area contributed by atoms with Gasteiger partial charge in [-0.2, -0.15) is 0 Å². The number of hydrogen-bond donors (Lipinski definition) is 0. The molecular formula is C21H25NO. The van der Waals surface area contributed by atoms with E-state index in [-0.39, 0.29) is 0 Å². The van der Waals surface area contributed by atoms with Crippen LogP contribution in [0.3, 0.4) is 0 Å². The maximum atomic E-state index is 5.76. The Labute approximate surface area is 138 Å². The molecule has 0 aliphatic rings. The number of hydrogen-bond acceptors (Lipinski definition) is 1. The highest BCUT2D eigenvalue weighted by Gasteiger charge is 2.08. The van der Waals surface area contributed by atoms with Crippen molar-refractivity contribution in [3.8, 4) is 0 Å². The lowest BCUT2D eigenvalue weighted by molar-refractivity contribution is 0.0803. The molecule has 0 amide bonds. The third-order valence-electron chi connectivity index (χ3n) is 4.24. The second kappa shape index (κ2) is 7.47. The predicted octanol–water partition coefficient (Wildman–Crippen LogP) is 5.18. The van der Waals surface area contributed by atoms with Crippen LogP contribution in [0.4, 0.5) is 0 Å². The van der Waals surface area contributed by atoms with Crippen molar-refractivity contribution in [2.24, 2.45) is 0 Å². The molecule has 0 saturated carbocycles. The van der Waals surface area contributed by atoms with Crippen LogP contribution in [0.1, 0.15) is 37.0 Å². The zero-order valence-electron chi connectivity index (χ0n) is 14.1. The minimum absolute atomic E-state index is 0.638. The molecule has 0 spiro atoms. The van der Waals surface area contributed by atoms with Crippen molar-refractivity contribution in [2.45, 2.75) is 39.8 Å². The van der Waals surface area contributed by atoms with E-state index in [4.69, 9.17) is 4.74 Å². The molecule has 120 valence electrons. The Bertz CT molecular complexity index is 758. The molecule has 2 heteroatoms. The summed E-state index contributed by atoms with van der Waals surface area (Å²) >= 11 is 0. The van der Waals surface area contributed by atoms with Crippen LogP contribution in [0.5, 0.6) is 0 Å². The van der Waals surface area contributed by atoms with Gasteiger partial charge in [-0.25, -0.2) is 0 Å². The molecule has 3 aromatic rings. The van der Waals surface area contributed by atoms with Gasteiger partial charge in [-0.05, 0) is 42.0 Å². The van der Waals surface area contributed by atoms with Gasteiger partial charge in [0, 0.05) is 18.2 Å². The van der Waals surface area contributed by atoms with Gasteiger partial charge in [-0.1, -0.05) is 56.3 Å². The Morgan fingerprint density at radius 3 is 2.52 bits per heavy atom. The third-order valence-corrected chi connectivity index (χ3v) is 4.24. The van der Waals surface area contributed by atoms with Crippen molar-refractivity contribution in [3.63, 3.8) is 0 Å². The molecule has 0 bridgehead atoms. The van der Waals surface area contributed by atoms with Crippen molar-refractivity contribution in [3.05, 3.63) is 71.4 Å². The normalized spacial score (nSPS) is 11.2. The van der Waals surface area contributed by atoms with Crippen molar-refractivity contribution in [1.29, 1.82) is 0 Å². The van der Waals surface area contributed by atoms with E-state index in [0.29, 0.717) is 6.73 Å². The summed E-state index contributed by atoms with van der Waals surface area (Å²) < 4.78 is 8.00.